The molecule has 6 heteroatoms. The van der Waals surface area contributed by atoms with E-state index in [1.54, 1.807) is 11.0 Å². The van der Waals surface area contributed by atoms with Crippen LogP contribution in [0.5, 0.6) is 0 Å². The first-order chi connectivity index (χ1) is 13.5. The minimum Gasteiger partial charge on any atom is -0.353 e. The minimum atomic E-state index is -0.744. The molecule has 2 amide bonds. The maximum absolute atomic E-state index is 13.8. The Labute approximate surface area is 166 Å². The smallest absolute Gasteiger partial charge is 0.256 e. The van der Waals surface area contributed by atoms with Crippen LogP contribution in [0.3, 0.4) is 0 Å². The number of benzene rings is 1. The zero-order valence-corrected chi connectivity index (χ0v) is 17.0. The SMILES string of the molecule is CCCN(CCC)C(=O)[C@@H]1COC2(CCCCC2)N1C(=O)c1cccc(F)c1. The molecule has 1 saturated carbocycles. The maximum Gasteiger partial charge on any atom is 0.256 e. The third-order valence-corrected chi connectivity index (χ3v) is 5.77. The second-order valence-electron chi connectivity index (χ2n) is 7.84. The Morgan fingerprint density at radius 2 is 1.86 bits per heavy atom. The van der Waals surface area contributed by atoms with Gasteiger partial charge in [-0.2, -0.15) is 0 Å². The first-order valence-corrected chi connectivity index (χ1v) is 10.5. The van der Waals surface area contributed by atoms with Crippen molar-refractivity contribution < 1.29 is 18.7 Å². The summed E-state index contributed by atoms with van der Waals surface area (Å²) in [4.78, 5) is 30.3. The van der Waals surface area contributed by atoms with E-state index in [1.165, 1.54) is 18.2 Å². The normalized spacial score (nSPS) is 21.1. The standard InChI is InChI=1S/C22H31FN2O3/c1-3-13-24(14-4-2)21(27)19-16-28-22(11-6-5-7-12-22)25(19)20(26)17-9-8-10-18(23)15-17/h8-10,15,19H,3-7,11-14,16H2,1-2H3/t19-/m0/s1. The molecule has 1 aliphatic carbocycles. The molecule has 1 spiro atoms. The van der Waals surface area contributed by atoms with E-state index in [4.69, 9.17) is 4.74 Å². The van der Waals surface area contributed by atoms with Crippen molar-refractivity contribution in [3.8, 4) is 0 Å². The molecule has 154 valence electrons. The molecule has 0 radical (unpaired) electrons. The van der Waals surface area contributed by atoms with Gasteiger partial charge in [-0.05, 0) is 56.7 Å². The van der Waals surface area contributed by atoms with E-state index in [0.29, 0.717) is 13.1 Å². The number of carbonyl (C=O) groups is 2. The van der Waals surface area contributed by atoms with E-state index in [2.05, 4.69) is 0 Å². The molecular formula is C22H31FN2O3. The Kier molecular flexibility index (Phi) is 6.70. The summed E-state index contributed by atoms with van der Waals surface area (Å²) in [5, 5.41) is 0. The highest BCUT2D eigenvalue weighted by molar-refractivity contribution is 5.98. The molecule has 1 aliphatic heterocycles. The third kappa shape index (κ3) is 4.07. The first kappa shape index (κ1) is 20.8. The van der Waals surface area contributed by atoms with Crippen LogP contribution in [-0.4, -0.2) is 53.1 Å². The van der Waals surface area contributed by atoms with Crippen LogP contribution >= 0.6 is 0 Å². The van der Waals surface area contributed by atoms with Gasteiger partial charge in [-0.3, -0.25) is 14.5 Å². The van der Waals surface area contributed by atoms with Gasteiger partial charge in [0, 0.05) is 18.7 Å². The predicted molar refractivity (Wildman–Crippen MR) is 105 cm³/mol. The lowest BCUT2D eigenvalue weighted by atomic mass is 9.89. The summed E-state index contributed by atoms with van der Waals surface area (Å²) in [7, 11) is 0. The van der Waals surface area contributed by atoms with Gasteiger partial charge in [0.2, 0.25) is 5.91 Å². The molecule has 0 N–H and O–H groups in total. The average molecular weight is 390 g/mol. The topological polar surface area (TPSA) is 49.9 Å². The fourth-order valence-corrected chi connectivity index (χ4v) is 4.50. The molecule has 1 atom stereocenters. The van der Waals surface area contributed by atoms with Crippen LogP contribution in [0.1, 0.15) is 69.2 Å². The third-order valence-electron chi connectivity index (χ3n) is 5.77. The van der Waals surface area contributed by atoms with Crippen molar-refractivity contribution in [1.82, 2.24) is 9.80 Å². The Morgan fingerprint density at radius 3 is 2.46 bits per heavy atom. The number of nitrogens with zero attached hydrogens (tertiary/aromatic N) is 2. The number of carbonyl (C=O) groups excluding carboxylic acids is 2. The molecule has 1 saturated heterocycles. The molecule has 1 aromatic carbocycles. The second kappa shape index (κ2) is 9.03. The molecule has 2 aliphatic rings. The minimum absolute atomic E-state index is 0.0594. The van der Waals surface area contributed by atoms with E-state index in [1.807, 2.05) is 18.7 Å². The molecule has 1 heterocycles. The number of ether oxygens (including phenoxy) is 1. The molecule has 1 aromatic rings. The lowest BCUT2D eigenvalue weighted by Crippen LogP contribution is -2.57. The van der Waals surface area contributed by atoms with Crippen molar-refractivity contribution in [3.05, 3.63) is 35.6 Å². The van der Waals surface area contributed by atoms with Gasteiger partial charge in [0.1, 0.15) is 17.6 Å². The van der Waals surface area contributed by atoms with E-state index in [0.717, 1.165) is 44.9 Å². The quantitative estimate of drug-likeness (QED) is 0.738. The van der Waals surface area contributed by atoms with E-state index >= 15 is 0 Å². The second-order valence-corrected chi connectivity index (χ2v) is 7.84. The predicted octanol–water partition coefficient (Wildman–Crippen LogP) is 3.98. The highest BCUT2D eigenvalue weighted by Gasteiger charge is 2.53. The summed E-state index contributed by atoms with van der Waals surface area (Å²) in [6.07, 6.45) is 6.19. The monoisotopic (exact) mass is 390 g/mol. The van der Waals surface area contributed by atoms with Crippen molar-refractivity contribution in [2.24, 2.45) is 0 Å². The zero-order chi connectivity index (χ0) is 20.1. The maximum atomic E-state index is 13.8. The van der Waals surface area contributed by atoms with Gasteiger partial charge in [0.25, 0.3) is 5.91 Å². The van der Waals surface area contributed by atoms with Crippen LogP contribution in [0.4, 0.5) is 4.39 Å². The molecule has 2 fully saturated rings. The van der Waals surface area contributed by atoms with E-state index < -0.39 is 17.6 Å². The van der Waals surface area contributed by atoms with Gasteiger partial charge in [-0.1, -0.05) is 26.3 Å². The average Bonchev–Trinajstić information content (AvgIpc) is 3.05. The van der Waals surface area contributed by atoms with Crippen LogP contribution in [0.25, 0.3) is 0 Å². The first-order valence-electron chi connectivity index (χ1n) is 10.5. The van der Waals surface area contributed by atoms with Crippen LogP contribution in [0.15, 0.2) is 24.3 Å². The zero-order valence-electron chi connectivity index (χ0n) is 17.0. The Bertz CT molecular complexity index is 697. The fraction of sp³-hybridized carbons (Fsp3) is 0.636. The Balaban J connectivity index is 1.94. The van der Waals surface area contributed by atoms with Gasteiger partial charge in [-0.15, -0.1) is 0 Å². The van der Waals surface area contributed by atoms with Crippen LogP contribution in [-0.2, 0) is 9.53 Å². The van der Waals surface area contributed by atoms with Gasteiger partial charge in [0.05, 0.1) is 6.61 Å². The number of halogens is 1. The van der Waals surface area contributed by atoms with Crippen molar-refractivity contribution >= 4 is 11.8 Å². The van der Waals surface area contributed by atoms with Crippen LogP contribution < -0.4 is 0 Å². The van der Waals surface area contributed by atoms with Crippen molar-refractivity contribution in [2.45, 2.75) is 70.6 Å². The summed E-state index contributed by atoms with van der Waals surface area (Å²) in [5.74, 6) is -0.828. The fourth-order valence-electron chi connectivity index (χ4n) is 4.50. The molecule has 5 nitrogen and oxygen atoms in total. The lowest BCUT2D eigenvalue weighted by molar-refractivity contribution is -0.137. The Morgan fingerprint density at radius 1 is 1.18 bits per heavy atom. The van der Waals surface area contributed by atoms with Crippen molar-refractivity contribution in [2.75, 3.05) is 19.7 Å². The van der Waals surface area contributed by atoms with E-state index in [-0.39, 0.29) is 24.0 Å². The van der Waals surface area contributed by atoms with Crippen molar-refractivity contribution in [3.63, 3.8) is 0 Å². The largest absolute Gasteiger partial charge is 0.353 e. The molecule has 0 aromatic heterocycles. The molecular weight excluding hydrogens is 359 g/mol. The molecule has 28 heavy (non-hydrogen) atoms. The summed E-state index contributed by atoms with van der Waals surface area (Å²) < 4.78 is 19.9. The number of rotatable bonds is 6. The number of hydrogen-bond acceptors (Lipinski definition) is 3. The Hall–Kier alpha value is -1.95. The lowest BCUT2D eigenvalue weighted by Gasteiger charge is -2.42. The summed E-state index contributed by atoms with van der Waals surface area (Å²) in [6.45, 7) is 5.62. The van der Waals surface area contributed by atoms with Crippen LogP contribution in [0.2, 0.25) is 0 Å². The molecule has 0 unspecified atom stereocenters. The summed E-state index contributed by atoms with van der Waals surface area (Å²) >= 11 is 0. The highest BCUT2D eigenvalue weighted by atomic mass is 19.1. The van der Waals surface area contributed by atoms with Crippen LogP contribution in [0, 0.1) is 5.82 Å². The van der Waals surface area contributed by atoms with Gasteiger partial charge >= 0.3 is 0 Å². The summed E-state index contributed by atoms with van der Waals surface area (Å²) in [6, 6.07) is 5.06. The molecule has 0 bridgehead atoms. The van der Waals surface area contributed by atoms with Gasteiger partial charge in [0.15, 0.2) is 0 Å². The number of amides is 2. The molecule has 3 rings (SSSR count). The van der Waals surface area contributed by atoms with Gasteiger partial charge in [-0.25, -0.2) is 4.39 Å². The van der Waals surface area contributed by atoms with E-state index in [9.17, 15) is 14.0 Å². The highest BCUT2D eigenvalue weighted by Crippen LogP contribution is 2.41. The summed E-state index contributed by atoms with van der Waals surface area (Å²) in [5.41, 5.74) is -0.475. The van der Waals surface area contributed by atoms with Crippen molar-refractivity contribution in [1.29, 1.82) is 0 Å². The number of hydrogen-bond donors (Lipinski definition) is 0. The van der Waals surface area contributed by atoms with Gasteiger partial charge < -0.3 is 9.64 Å².